The third-order valence-electron chi connectivity index (χ3n) is 5.79. The minimum absolute atomic E-state index is 0.0629. The molecule has 0 bridgehead atoms. The van der Waals surface area contributed by atoms with Gasteiger partial charge in [0.1, 0.15) is 0 Å². The van der Waals surface area contributed by atoms with Gasteiger partial charge < -0.3 is 15.4 Å². The first kappa shape index (κ1) is 20.3. The number of nitrogens with one attached hydrogen (secondary N) is 2. The molecule has 2 N–H and O–H groups in total. The van der Waals surface area contributed by atoms with Gasteiger partial charge in [-0.1, -0.05) is 25.0 Å². The highest BCUT2D eigenvalue weighted by molar-refractivity contribution is 7.99. The van der Waals surface area contributed by atoms with Crippen molar-refractivity contribution in [3.63, 3.8) is 0 Å². The molecule has 4 nitrogen and oxygen atoms in total. The molecule has 2 fully saturated rings. The van der Waals surface area contributed by atoms with E-state index in [0.29, 0.717) is 6.10 Å². The zero-order valence-electron chi connectivity index (χ0n) is 16.9. The Balaban J connectivity index is 1.32. The van der Waals surface area contributed by atoms with Gasteiger partial charge in [-0.2, -0.15) is 0 Å². The van der Waals surface area contributed by atoms with E-state index in [1.165, 1.54) is 25.7 Å². The maximum absolute atomic E-state index is 12.8. The molecule has 0 aromatic heterocycles. The molecule has 2 aromatic rings. The van der Waals surface area contributed by atoms with Crippen molar-refractivity contribution in [1.29, 1.82) is 0 Å². The summed E-state index contributed by atoms with van der Waals surface area (Å²) in [5, 5.41) is 6.56. The van der Waals surface area contributed by atoms with Gasteiger partial charge in [0.05, 0.1) is 11.7 Å². The maximum atomic E-state index is 12.8. The summed E-state index contributed by atoms with van der Waals surface area (Å²) in [6.45, 7) is 1.90. The summed E-state index contributed by atoms with van der Waals surface area (Å²) in [4.78, 5) is 13.9. The molecule has 2 aromatic carbocycles. The van der Waals surface area contributed by atoms with Crippen LogP contribution in [0.25, 0.3) is 0 Å². The molecule has 5 heteroatoms. The molecule has 4 rings (SSSR count). The summed E-state index contributed by atoms with van der Waals surface area (Å²) in [6.07, 6.45) is 7.97. The van der Waals surface area contributed by atoms with Gasteiger partial charge in [-0.3, -0.25) is 4.79 Å². The minimum Gasteiger partial charge on any atom is -0.385 e. The quantitative estimate of drug-likeness (QED) is 0.539. The number of hydrogen-bond acceptors (Lipinski definition) is 4. The van der Waals surface area contributed by atoms with Crippen LogP contribution in [0.15, 0.2) is 53.4 Å². The molecular weight excluding hydrogens is 380 g/mol. The van der Waals surface area contributed by atoms with Crippen LogP contribution >= 0.6 is 11.8 Å². The Kier molecular flexibility index (Phi) is 7.12. The lowest BCUT2D eigenvalue weighted by atomic mass is 10.1. The molecule has 1 saturated heterocycles. The highest BCUT2D eigenvalue weighted by Crippen LogP contribution is 2.28. The molecular formula is C24H30N2O2S. The normalized spacial score (nSPS) is 19.4. The predicted octanol–water partition coefficient (Wildman–Crippen LogP) is 5.81. The van der Waals surface area contributed by atoms with Gasteiger partial charge in [0.25, 0.3) is 5.91 Å². The Morgan fingerprint density at radius 3 is 2.48 bits per heavy atom. The Morgan fingerprint density at radius 1 is 0.966 bits per heavy atom. The fraction of sp³-hybridized carbons (Fsp3) is 0.458. The van der Waals surface area contributed by atoms with Crippen molar-refractivity contribution >= 4 is 29.0 Å². The summed E-state index contributed by atoms with van der Waals surface area (Å²) in [6, 6.07) is 15.8. The zero-order valence-corrected chi connectivity index (χ0v) is 17.7. The summed E-state index contributed by atoms with van der Waals surface area (Å²) < 4.78 is 5.71. The lowest BCUT2D eigenvalue weighted by Gasteiger charge is -2.14. The minimum atomic E-state index is -0.0629. The lowest BCUT2D eigenvalue weighted by molar-refractivity contribution is 0.102. The number of anilines is 2. The molecule has 1 unspecified atom stereocenters. The largest absolute Gasteiger partial charge is 0.385 e. The average molecular weight is 411 g/mol. The number of carbonyl (C=O) groups is 1. The van der Waals surface area contributed by atoms with Crippen LogP contribution in [-0.2, 0) is 4.74 Å². The number of amides is 1. The Labute approximate surface area is 177 Å². The summed E-state index contributed by atoms with van der Waals surface area (Å²) >= 11 is 1.71. The second kappa shape index (κ2) is 10.2. The molecule has 1 atom stereocenters. The maximum Gasteiger partial charge on any atom is 0.256 e. The average Bonchev–Trinajstić information content (AvgIpc) is 3.46. The highest BCUT2D eigenvalue weighted by atomic mass is 32.2. The number of thioether (sulfide) groups is 1. The van der Waals surface area contributed by atoms with E-state index in [2.05, 4.69) is 10.6 Å². The van der Waals surface area contributed by atoms with E-state index in [-0.39, 0.29) is 5.91 Å². The van der Waals surface area contributed by atoms with Gasteiger partial charge in [-0.15, -0.1) is 11.8 Å². The van der Waals surface area contributed by atoms with Gasteiger partial charge in [0, 0.05) is 35.2 Å². The van der Waals surface area contributed by atoms with Gasteiger partial charge in [-0.25, -0.2) is 0 Å². The molecule has 0 radical (unpaired) electrons. The van der Waals surface area contributed by atoms with Crippen molar-refractivity contribution < 1.29 is 9.53 Å². The molecule has 154 valence electrons. The first-order valence-electron chi connectivity index (χ1n) is 10.8. The van der Waals surface area contributed by atoms with Crippen LogP contribution < -0.4 is 10.6 Å². The standard InChI is InChI=1S/C24H30N2O2S/c27-24(22-9-3-4-10-23(22)29-17-21-8-5-15-28-21)26-20-13-11-19(12-14-20)25-16-18-6-1-2-7-18/h3-4,9-14,18,21,25H,1-2,5-8,15-17H2,(H,26,27). The van der Waals surface area contributed by atoms with Crippen molar-refractivity contribution in [2.24, 2.45) is 5.92 Å². The number of benzene rings is 2. The van der Waals surface area contributed by atoms with E-state index in [0.717, 1.165) is 59.5 Å². The van der Waals surface area contributed by atoms with Crippen molar-refractivity contribution in [2.75, 3.05) is 29.5 Å². The smallest absolute Gasteiger partial charge is 0.256 e. The molecule has 1 heterocycles. The molecule has 1 aliphatic heterocycles. The molecule has 1 saturated carbocycles. The van der Waals surface area contributed by atoms with Crippen LogP contribution in [0.2, 0.25) is 0 Å². The number of hydrogen-bond donors (Lipinski definition) is 2. The fourth-order valence-electron chi connectivity index (χ4n) is 4.09. The second-order valence-corrected chi connectivity index (χ2v) is 9.07. The lowest BCUT2D eigenvalue weighted by Crippen LogP contribution is -2.14. The summed E-state index contributed by atoms with van der Waals surface area (Å²) in [7, 11) is 0. The number of ether oxygens (including phenoxy) is 1. The van der Waals surface area contributed by atoms with Crippen molar-refractivity contribution in [1.82, 2.24) is 0 Å². The second-order valence-electron chi connectivity index (χ2n) is 8.01. The Hall–Kier alpha value is -1.98. The first-order valence-corrected chi connectivity index (χ1v) is 11.8. The van der Waals surface area contributed by atoms with Crippen molar-refractivity contribution in [2.45, 2.75) is 49.5 Å². The number of rotatable bonds is 8. The Morgan fingerprint density at radius 2 is 1.72 bits per heavy atom. The van der Waals surface area contributed by atoms with Crippen LogP contribution in [0.3, 0.4) is 0 Å². The molecule has 2 aliphatic rings. The van der Waals surface area contributed by atoms with Crippen LogP contribution in [0, 0.1) is 5.92 Å². The van der Waals surface area contributed by atoms with Crippen LogP contribution in [0.5, 0.6) is 0 Å². The first-order chi connectivity index (χ1) is 14.3. The van der Waals surface area contributed by atoms with Crippen LogP contribution in [0.4, 0.5) is 11.4 Å². The monoisotopic (exact) mass is 410 g/mol. The highest BCUT2D eigenvalue weighted by Gasteiger charge is 2.18. The van der Waals surface area contributed by atoms with Gasteiger partial charge in [0.2, 0.25) is 0 Å². The Bertz CT molecular complexity index is 797. The number of carbonyl (C=O) groups excluding carboxylic acids is 1. The zero-order chi connectivity index (χ0) is 19.9. The summed E-state index contributed by atoms with van der Waals surface area (Å²) in [5.41, 5.74) is 2.65. The fourth-order valence-corrected chi connectivity index (χ4v) is 5.20. The molecule has 0 spiro atoms. The predicted molar refractivity (Wildman–Crippen MR) is 121 cm³/mol. The third kappa shape index (κ3) is 5.77. The van der Waals surface area contributed by atoms with E-state index >= 15 is 0 Å². The van der Waals surface area contributed by atoms with Crippen molar-refractivity contribution in [3.8, 4) is 0 Å². The van der Waals surface area contributed by atoms with E-state index < -0.39 is 0 Å². The summed E-state index contributed by atoms with van der Waals surface area (Å²) in [5.74, 6) is 1.64. The van der Waals surface area contributed by atoms with E-state index in [9.17, 15) is 4.79 Å². The van der Waals surface area contributed by atoms with E-state index in [1.54, 1.807) is 11.8 Å². The van der Waals surface area contributed by atoms with Crippen LogP contribution in [0.1, 0.15) is 48.9 Å². The topological polar surface area (TPSA) is 50.4 Å². The molecule has 29 heavy (non-hydrogen) atoms. The van der Waals surface area contributed by atoms with E-state index in [1.807, 2.05) is 48.5 Å². The molecule has 1 amide bonds. The van der Waals surface area contributed by atoms with Gasteiger partial charge >= 0.3 is 0 Å². The molecule has 1 aliphatic carbocycles. The SMILES string of the molecule is O=C(Nc1ccc(NCC2CCCC2)cc1)c1ccccc1SCC1CCCO1. The van der Waals surface area contributed by atoms with Crippen LogP contribution in [-0.4, -0.2) is 30.9 Å². The van der Waals surface area contributed by atoms with Gasteiger partial charge in [-0.05, 0) is 68.0 Å². The van der Waals surface area contributed by atoms with Gasteiger partial charge in [0.15, 0.2) is 0 Å². The third-order valence-corrected chi connectivity index (χ3v) is 7.00. The van der Waals surface area contributed by atoms with E-state index in [4.69, 9.17) is 4.74 Å². The van der Waals surface area contributed by atoms with Crippen molar-refractivity contribution in [3.05, 3.63) is 54.1 Å².